The summed E-state index contributed by atoms with van der Waals surface area (Å²) < 4.78 is 15.3. The lowest BCUT2D eigenvalue weighted by atomic mass is 10.1. The van der Waals surface area contributed by atoms with Gasteiger partial charge in [0.15, 0.2) is 0 Å². The zero-order chi connectivity index (χ0) is 19.0. The molecule has 0 saturated carbocycles. The number of esters is 1. The summed E-state index contributed by atoms with van der Waals surface area (Å²) in [5.41, 5.74) is 2.07. The fourth-order valence-corrected chi connectivity index (χ4v) is 2.22. The van der Waals surface area contributed by atoms with Crippen molar-refractivity contribution in [1.29, 1.82) is 0 Å². The maximum atomic E-state index is 11.8. The van der Waals surface area contributed by atoms with E-state index in [0.29, 0.717) is 52.4 Å². The smallest absolute Gasteiger partial charge is 0.315 e. The molecule has 0 heterocycles. The van der Waals surface area contributed by atoms with E-state index in [0.717, 1.165) is 17.5 Å². The first kappa shape index (κ1) is 21.9. The molecule has 0 unspecified atom stereocenters. The molecule has 0 aliphatic heterocycles. The quantitative estimate of drug-likeness (QED) is 0.413. The molecule has 1 aromatic carbocycles. The molecule has 146 valence electrons. The summed E-state index contributed by atoms with van der Waals surface area (Å²) >= 11 is 0. The van der Waals surface area contributed by atoms with Gasteiger partial charge in [0, 0.05) is 26.1 Å². The third-order valence-electron chi connectivity index (χ3n) is 3.61. The summed E-state index contributed by atoms with van der Waals surface area (Å²) in [5.74, 6) is -0.226. The maximum Gasteiger partial charge on any atom is 0.315 e. The lowest BCUT2D eigenvalue weighted by molar-refractivity contribution is -0.140. The molecule has 1 rings (SSSR count). The third-order valence-corrected chi connectivity index (χ3v) is 3.61. The Morgan fingerprint density at radius 3 is 2.58 bits per heavy atom. The molecule has 1 aromatic rings. The zero-order valence-corrected chi connectivity index (χ0v) is 15.7. The van der Waals surface area contributed by atoms with E-state index in [-0.39, 0.29) is 12.0 Å². The van der Waals surface area contributed by atoms with E-state index in [9.17, 15) is 9.59 Å². The third kappa shape index (κ3) is 10.7. The van der Waals surface area contributed by atoms with Crippen LogP contribution in [0.4, 0.5) is 4.79 Å². The number of amides is 2. The highest BCUT2D eigenvalue weighted by Gasteiger charge is 2.03. The minimum absolute atomic E-state index is 0.221. The first-order chi connectivity index (χ1) is 12.7. The van der Waals surface area contributed by atoms with E-state index in [1.54, 1.807) is 0 Å². The van der Waals surface area contributed by atoms with Crippen molar-refractivity contribution in [3.63, 3.8) is 0 Å². The van der Waals surface area contributed by atoms with Crippen LogP contribution in [-0.2, 0) is 32.2 Å². The number of nitrogens with one attached hydrogen (secondary N) is 2. The van der Waals surface area contributed by atoms with Crippen LogP contribution >= 0.6 is 0 Å². The summed E-state index contributed by atoms with van der Waals surface area (Å²) in [6, 6.07) is 7.69. The van der Waals surface area contributed by atoms with Crippen molar-refractivity contribution in [3.05, 3.63) is 35.4 Å². The lowest BCUT2D eigenvalue weighted by Gasteiger charge is -2.09. The van der Waals surface area contributed by atoms with Crippen LogP contribution in [0.25, 0.3) is 0 Å². The zero-order valence-electron chi connectivity index (χ0n) is 15.7. The molecular weight excluding hydrogens is 336 g/mol. The number of methoxy groups -OCH3 is 1. The topological polar surface area (TPSA) is 85.9 Å². The standard InChI is InChI=1S/C19H30N2O5/c1-3-25-11-12-26-15-17-8-6-7-16(13-17)14-21-19(23)20-10-5-4-9-18(22)24-2/h6-8,13H,3-5,9-12,14-15H2,1-2H3,(H2,20,21,23). The van der Waals surface area contributed by atoms with Crippen LogP contribution < -0.4 is 10.6 Å². The number of urea groups is 1. The predicted molar refractivity (Wildman–Crippen MR) is 98.7 cm³/mol. The second-order valence-corrected chi connectivity index (χ2v) is 5.71. The second-order valence-electron chi connectivity index (χ2n) is 5.71. The number of rotatable bonds is 13. The van der Waals surface area contributed by atoms with Crippen LogP contribution in [0.2, 0.25) is 0 Å². The highest BCUT2D eigenvalue weighted by atomic mass is 16.5. The Bertz CT molecular complexity index is 536. The molecule has 7 nitrogen and oxygen atoms in total. The van der Waals surface area contributed by atoms with Crippen molar-refractivity contribution in [2.45, 2.75) is 39.3 Å². The van der Waals surface area contributed by atoms with E-state index in [1.807, 2.05) is 31.2 Å². The molecule has 0 atom stereocenters. The van der Waals surface area contributed by atoms with Gasteiger partial charge < -0.3 is 24.8 Å². The lowest BCUT2D eigenvalue weighted by Crippen LogP contribution is -2.35. The summed E-state index contributed by atoms with van der Waals surface area (Å²) in [4.78, 5) is 22.7. The molecule has 26 heavy (non-hydrogen) atoms. The normalized spacial score (nSPS) is 10.4. The van der Waals surface area contributed by atoms with Gasteiger partial charge in [-0.25, -0.2) is 4.79 Å². The summed E-state index contributed by atoms with van der Waals surface area (Å²) in [5, 5.41) is 5.59. The summed E-state index contributed by atoms with van der Waals surface area (Å²) in [7, 11) is 1.37. The molecular formula is C19H30N2O5. The van der Waals surface area contributed by atoms with Crippen LogP contribution in [0.5, 0.6) is 0 Å². The molecule has 2 N–H and O–H groups in total. The molecule has 7 heteroatoms. The Kier molecular flexibility index (Phi) is 11.9. The largest absolute Gasteiger partial charge is 0.469 e. The predicted octanol–water partition coefficient (Wildman–Crippen LogP) is 2.38. The minimum atomic E-state index is -0.226. The van der Waals surface area contributed by atoms with Gasteiger partial charge in [-0.05, 0) is 30.9 Å². The summed E-state index contributed by atoms with van der Waals surface area (Å²) in [6.45, 7) is 5.30. The van der Waals surface area contributed by atoms with Gasteiger partial charge in [-0.15, -0.1) is 0 Å². The molecule has 0 bridgehead atoms. The van der Waals surface area contributed by atoms with E-state index in [1.165, 1.54) is 7.11 Å². The van der Waals surface area contributed by atoms with Crippen molar-refractivity contribution >= 4 is 12.0 Å². The first-order valence-corrected chi connectivity index (χ1v) is 8.97. The fourth-order valence-electron chi connectivity index (χ4n) is 2.22. The molecule has 2 amide bonds. The van der Waals surface area contributed by atoms with Crippen molar-refractivity contribution in [2.75, 3.05) is 33.5 Å². The van der Waals surface area contributed by atoms with E-state index >= 15 is 0 Å². The highest BCUT2D eigenvalue weighted by Crippen LogP contribution is 2.06. The Hall–Kier alpha value is -2.12. The number of hydrogen-bond donors (Lipinski definition) is 2. The highest BCUT2D eigenvalue weighted by molar-refractivity contribution is 5.73. The van der Waals surface area contributed by atoms with Gasteiger partial charge in [-0.3, -0.25) is 4.79 Å². The SMILES string of the molecule is CCOCCOCc1cccc(CNC(=O)NCCCCC(=O)OC)c1. The second kappa shape index (κ2) is 14.1. The average molecular weight is 366 g/mol. The molecule has 0 aliphatic carbocycles. The number of ether oxygens (including phenoxy) is 3. The van der Waals surface area contributed by atoms with Gasteiger partial charge in [-0.1, -0.05) is 24.3 Å². The fraction of sp³-hybridized carbons (Fsp3) is 0.579. The average Bonchev–Trinajstić information content (AvgIpc) is 2.66. The Morgan fingerprint density at radius 2 is 1.81 bits per heavy atom. The molecule has 0 aromatic heterocycles. The van der Waals surface area contributed by atoms with Crippen LogP contribution in [0.3, 0.4) is 0 Å². The Balaban J connectivity index is 2.18. The van der Waals surface area contributed by atoms with Crippen molar-refractivity contribution in [3.8, 4) is 0 Å². The molecule has 0 saturated heterocycles. The van der Waals surface area contributed by atoms with Crippen molar-refractivity contribution < 1.29 is 23.8 Å². The number of carbonyl (C=O) groups excluding carboxylic acids is 2. The van der Waals surface area contributed by atoms with Gasteiger partial charge >= 0.3 is 12.0 Å². The van der Waals surface area contributed by atoms with Crippen LogP contribution in [0, 0.1) is 0 Å². The first-order valence-electron chi connectivity index (χ1n) is 8.97. The van der Waals surface area contributed by atoms with E-state index in [2.05, 4.69) is 15.4 Å². The molecule has 0 fully saturated rings. The van der Waals surface area contributed by atoms with Gasteiger partial charge in [0.25, 0.3) is 0 Å². The number of unbranched alkanes of at least 4 members (excludes halogenated alkanes) is 1. The van der Waals surface area contributed by atoms with E-state index < -0.39 is 0 Å². The molecule has 0 spiro atoms. The van der Waals surface area contributed by atoms with Crippen LogP contribution in [0.15, 0.2) is 24.3 Å². The van der Waals surface area contributed by atoms with Gasteiger partial charge in [0.2, 0.25) is 0 Å². The summed E-state index contributed by atoms with van der Waals surface area (Å²) in [6.07, 6.45) is 1.80. The minimum Gasteiger partial charge on any atom is -0.469 e. The monoisotopic (exact) mass is 366 g/mol. The Morgan fingerprint density at radius 1 is 1.04 bits per heavy atom. The van der Waals surface area contributed by atoms with Gasteiger partial charge in [0.05, 0.1) is 26.9 Å². The number of hydrogen-bond acceptors (Lipinski definition) is 5. The molecule has 0 radical (unpaired) electrons. The van der Waals surface area contributed by atoms with Crippen molar-refractivity contribution in [2.24, 2.45) is 0 Å². The van der Waals surface area contributed by atoms with Crippen LogP contribution in [0.1, 0.15) is 37.3 Å². The van der Waals surface area contributed by atoms with Gasteiger partial charge in [-0.2, -0.15) is 0 Å². The molecule has 0 aliphatic rings. The number of benzene rings is 1. The maximum absolute atomic E-state index is 11.8. The Labute approximate surface area is 155 Å². The van der Waals surface area contributed by atoms with Crippen LogP contribution in [-0.4, -0.2) is 45.5 Å². The van der Waals surface area contributed by atoms with Crippen molar-refractivity contribution in [1.82, 2.24) is 10.6 Å². The number of carbonyl (C=O) groups is 2. The van der Waals surface area contributed by atoms with Gasteiger partial charge in [0.1, 0.15) is 0 Å². The van der Waals surface area contributed by atoms with E-state index in [4.69, 9.17) is 9.47 Å².